The lowest BCUT2D eigenvalue weighted by Crippen LogP contribution is -2.32. The molecule has 1 N–H and O–H groups in total. The highest BCUT2D eigenvalue weighted by Crippen LogP contribution is 2.29. The lowest BCUT2D eigenvalue weighted by atomic mass is 9.97. The van der Waals surface area contributed by atoms with Crippen LogP contribution in [0.25, 0.3) is 0 Å². The molecule has 0 saturated heterocycles. The molecule has 3 rings (SSSR count). The van der Waals surface area contributed by atoms with Crippen molar-refractivity contribution in [3.63, 3.8) is 0 Å². The average molecular weight is 400 g/mol. The second-order valence-corrected chi connectivity index (χ2v) is 6.34. The average Bonchev–Trinajstić information content (AvgIpc) is 2.72. The first-order chi connectivity index (χ1) is 14.0. The number of carbonyl (C=O) groups is 2. The molecule has 0 aromatic heterocycles. The Hall–Kier alpha value is -3.62. The van der Waals surface area contributed by atoms with E-state index >= 15 is 0 Å². The van der Waals surface area contributed by atoms with E-state index in [-0.39, 0.29) is 18.0 Å². The van der Waals surface area contributed by atoms with Gasteiger partial charge in [-0.05, 0) is 37.1 Å². The van der Waals surface area contributed by atoms with Crippen molar-refractivity contribution in [1.82, 2.24) is 0 Å². The molecule has 0 aliphatic carbocycles. The third-order valence-corrected chi connectivity index (χ3v) is 4.31. The Labute approximate surface area is 166 Å². The highest BCUT2D eigenvalue weighted by molar-refractivity contribution is 5.95. The third-order valence-electron chi connectivity index (χ3n) is 4.31. The van der Waals surface area contributed by atoms with Gasteiger partial charge in [0.2, 0.25) is 0 Å². The van der Waals surface area contributed by atoms with Gasteiger partial charge >= 0.3 is 5.97 Å². The molecular formula is C20H20N2O7. The fourth-order valence-corrected chi connectivity index (χ4v) is 2.94. The maximum absolute atomic E-state index is 12.2. The molecule has 0 spiro atoms. The van der Waals surface area contributed by atoms with Gasteiger partial charge in [0.25, 0.3) is 11.6 Å². The van der Waals surface area contributed by atoms with Crippen LogP contribution in [0.1, 0.15) is 12.5 Å². The Balaban J connectivity index is 1.56. The number of para-hydroxylation sites is 1. The van der Waals surface area contributed by atoms with Crippen LogP contribution in [-0.4, -0.2) is 36.6 Å². The monoisotopic (exact) mass is 400 g/mol. The summed E-state index contributed by atoms with van der Waals surface area (Å²) in [5.41, 5.74) is 0.581. The molecule has 1 atom stereocenters. The van der Waals surface area contributed by atoms with Crippen LogP contribution in [0.4, 0.5) is 11.4 Å². The number of ether oxygens (including phenoxy) is 3. The second kappa shape index (κ2) is 9.05. The van der Waals surface area contributed by atoms with Gasteiger partial charge in [-0.15, -0.1) is 0 Å². The van der Waals surface area contributed by atoms with Crippen molar-refractivity contribution in [2.45, 2.75) is 13.3 Å². The van der Waals surface area contributed by atoms with Crippen molar-refractivity contribution in [2.75, 3.05) is 25.1 Å². The van der Waals surface area contributed by atoms with Crippen LogP contribution in [0.3, 0.4) is 0 Å². The molecule has 1 aliphatic rings. The number of rotatable bonds is 7. The highest BCUT2D eigenvalue weighted by atomic mass is 16.6. The molecule has 29 heavy (non-hydrogen) atoms. The minimum Gasteiger partial charge on any atom is -0.494 e. The van der Waals surface area contributed by atoms with Crippen LogP contribution in [0.5, 0.6) is 11.5 Å². The van der Waals surface area contributed by atoms with E-state index in [1.165, 1.54) is 18.2 Å². The van der Waals surface area contributed by atoms with Crippen molar-refractivity contribution in [3.8, 4) is 11.5 Å². The van der Waals surface area contributed by atoms with Gasteiger partial charge in [-0.2, -0.15) is 0 Å². The Bertz CT molecular complexity index is 929. The molecule has 152 valence electrons. The van der Waals surface area contributed by atoms with Crippen LogP contribution >= 0.6 is 0 Å². The van der Waals surface area contributed by atoms with E-state index in [1.807, 2.05) is 24.3 Å². The van der Waals surface area contributed by atoms with Crippen LogP contribution < -0.4 is 14.8 Å². The maximum atomic E-state index is 12.2. The van der Waals surface area contributed by atoms with Crippen LogP contribution in [0.2, 0.25) is 0 Å². The number of nitro benzene ring substituents is 1. The predicted octanol–water partition coefficient (Wildman–Crippen LogP) is 2.73. The zero-order valence-corrected chi connectivity index (χ0v) is 15.8. The fourth-order valence-electron chi connectivity index (χ4n) is 2.94. The lowest BCUT2D eigenvalue weighted by molar-refractivity contribution is -0.384. The van der Waals surface area contributed by atoms with Crippen molar-refractivity contribution in [1.29, 1.82) is 0 Å². The number of carbonyl (C=O) groups excluding carboxylic acids is 2. The number of fused-ring (bicyclic) bond motifs is 1. The minimum atomic E-state index is -0.678. The molecule has 0 fully saturated rings. The van der Waals surface area contributed by atoms with Crippen molar-refractivity contribution < 1.29 is 28.7 Å². The number of hydrogen-bond acceptors (Lipinski definition) is 7. The van der Waals surface area contributed by atoms with Crippen LogP contribution in [0.15, 0.2) is 42.5 Å². The topological polar surface area (TPSA) is 117 Å². The zero-order valence-electron chi connectivity index (χ0n) is 15.8. The lowest BCUT2D eigenvalue weighted by Gasteiger charge is -2.23. The van der Waals surface area contributed by atoms with E-state index < -0.39 is 29.3 Å². The van der Waals surface area contributed by atoms with Gasteiger partial charge in [-0.25, -0.2) is 0 Å². The van der Waals surface area contributed by atoms with Gasteiger partial charge < -0.3 is 19.5 Å². The first-order valence-corrected chi connectivity index (χ1v) is 9.06. The first-order valence-electron chi connectivity index (χ1n) is 9.06. The Morgan fingerprint density at radius 2 is 2.07 bits per heavy atom. The molecule has 2 aromatic carbocycles. The van der Waals surface area contributed by atoms with Crippen molar-refractivity contribution >= 4 is 23.3 Å². The van der Waals surface area contributed by atoms with Gasteiger partial charge in [0, 0.05) is 0 Å². The van der Waals surface area contributed by atoms with E-state index in [4.69, 9.17) is 14.2 Å². The van der Waals surface area contributed by atoms with Gasteiger partial charge in [0.05, 0.1) is 23.5 Å². The number of nitrogens with one attached hydrogen (secondary N) is 1. The first kappa shape index (κ1) is 20.1. The smallest absolute Gasteiger partial charge is 0.313 e. The molecule has 0 saturated carbocycles. The van der Waals surface area contributed by atoms with Gasteiger partial charge in [-0.1, -0.05) is 18.2 Å². The second-order valence-electron chi connectivity index (χ2n) is 6.34. The van der Waals surface area contributed by atoms with E-state index in [0.717, 1.165) is 11.3 Å². The largest absolute Gasteiger partial charge is 0.494 e. The summed E-state index contributed by atoms with van der Waals surface area (Å²) in [4.78, 5) is 35.0. The van der Waals surface area contributed by atoms with Crippen LogP contribution in [-0.2, 0) is 20.7 Å². The zero-order chi connectivity index (χ0) is 20.8. The normalized spacial score (nSPS) is 14.9. The van der Waals surface area contributed by atoms with E-state index in [0.29, 0.717) is 18.8 Å². The van der Waals surface area contributed by atoms with Crippen molar-refractivity contribution in [2.24, 2.45) is 5.92 Å². The summed E-state index contributed by atoms with van der Waals surface area (Å²) in [7, 11) is 0. The fraction of sp³-hybridized carbons (Fsp3) is 0.300. The predicted molar refractivity (Wildman–Crippen MR) is 103 cm³/mol. The number of hydrogen-bond donors (Lipinski definition) is 1. The summed E-state index contributed by atoms with van der Waals surface area (Å²) in [5, 5.41) is 13.6. The molecule has 0 radical (unpaired) electrons. The number of esters is 1. The number of nitro groups is 1. The van der Waals surface area contributed by atoms with E-state index in [9.17, 15) is 19.7 Å². The number of benzene rings is 2. The number of amides is 1. The SMILES string of the molecule is CCOc1ccc(NC(=O)COC(=O)C2COc3ccccc3C2)c([N+](=O)[O-])c1. The highest BCUT2D eigenvalue weighted by Gasteiger charge is 2.27. The maximum Gasteiger partial charge on any atom is 0.313 e. The van der Waals surface area contributed by atoms with E-state index in [2.05, 4.69) is 5.32 Å². The van der Waals surface area contributed by atoms with Crippen molar-refractivity contribution in [3.05, 3.63) is 58.1 Å². The molecule has 1 unspecified atom stereocenters. The van der Waals surface area contributed by atoms with E-state index in [1.54, 1.807) is 6.92 Å². The molecule has 2 aromatic rings. The molecule has 9 nitrogen and oxygen atoms in total. The van der Waals surface area contributed by atoms with Gasteiger partial charge in [0.1, 0.15) is 23.8 Å². The molecule has 1 aliphatic heterocycles. The van der Waals surface area contributed by atoms with Crippen LogP contribution in [0, 0.1) is 16.0 Å². The Morgan fingerprint density at radius 3 is 2.83 bits per heavy atom. The molecule has 9 heteroatoms. The summed E-state index contributed by atoms with van der Waals surface area (Å²) in [5.74, 6) is -0.700. The quantitative estimate of drug-likeness (QED) is 0.431. The molecule has 0 bridgehead atoms. The summed E-state index contributed by atoms with van der Waals surface area (Å²) < 4.78 is 15.8. The van der Waals surface area contributed by atoms with Gasteiger partial charge in [0.15, 0.2) is 6.61 Å². The Kier molecular flexibility index (Phi) is 6.28. The standard InChI is InChI=1S/C20H20N2O7/c1-2-27-15-7-8-16(17(10-15)22(25)26)21-19(23)12-29-20(24)14-9-13-5-3-4-6-18(13)28-11-14/h3-8,10,14H,2,9,11-12H2,1H3,(H,21,23). The third kappa shape index (κ3) is 5.01. The summed E-state index contributed by atoms with van der Waals surface area (Å²) in [6, 6.07) is 11.5. The molecular weight excluding hydrogens is 380 g/mol. The summed E-state index contributed by atoms with van der Waals surface area (Å²) in [6.07, 6.45) is 0.459. The molecule has 1 heterocycles. The number of anilines is 1. The number of nitrogens with zero attached hydrogens (tertiary/aromatic N) is 1. The molecule has 1 amide bonds. The minimum absolute atomic E-state index is 0.00516. The summed E-state index contributed by atoms with van der Waals surface area (Å²) in [6.45, 7) is 1.73. The Morgan fingerprint density at radius 1 is 1.28 bits per heavy atom. The summed E-state index contributed by atoms with van der Waals surface area (Å²) >= 11 is 0. The van der Waals surface area contributed by atoms with Gasteiger partial charge in [-0.3, -0.25) is 19.7 Å².